The van der Waals surface area contributed by atoms with Crippen LogP contribution in [0.15, 0.2) is 47.9 Å². The molecular weight excluding hydrogens is 473 g/mol. The lowest BCUT2D eigenvalue weighted by Gasteiger charge is -2.31. The van der Waals surface area contributed by atoms with Gasteiger partial charge in [-0.1, -0.05) is 13.8 Å². The average Bonchev–Trinajstić information content (AvgIpc) is 3.17. The number of aromatic amines is 1. The highest BCUT2D eigenvalue weighted by Crippen LogP contribution is 2.42. The fraction of sp³-hybridized carbons (Fsp3) is 0.333. The maximum absolute atomic E-state index is 13.8. The molecule has 1 aromatic carbocycles. The number of carbonyl (C=O) groups is 2. The molecule has 2 heterocycles. The van der Waals surface area contributed by atoms with Crippen molar-refractivity contribution < 1.29 is 36.3 Å². The van der Waals surface area contributed by atoms with E-state index in [1.54, 1.807) is 27.7 Å². The monoisotopic (exact) mass is 497 g/mol. The van der Waals surface area contributed by atoms with Gasteiger partial charge in [-0.3, -0.25) is 4.79 Å². The molecule has 0 fully saturated rings. The maximum atomic E-state index is 13.8. The predicted molar refractivity (Wildman–Crippen MR) is 117 cm³/mol. The molecule has 0 spiro atoms. The molecule has 0 radical (unpaired) electrons. The Morgan fingerprint density at radius 1 is 1.14 bits per heavy atom. The van der Waals surface area contributed by atoms with Crippen LogP contribution in [0, 0.1) is 17.0 Å². The van der Waals surface area contributed by atoms with Crippen LogP contribution < -0.4 is 5.73 Å². The topological polar surface area (TPSA) is 88.4 Å². The lowest BCUT2D eigenvalue weighted by atomic mass is 9.80. The van der Waals surface area contributed by atoms with Crippen LogP contribution in [0.25, 0.3) is 5.57 Å². The number of hydrogen-bond acceptors (Lipinski definition) is 4. The summed E-state index contributed by atoms with van der Waals surface area (Å²) in [5, 5.41) is 0. The highest BCUT2D eigenvalue weighted by Gasteiger charge is 2.39. The number of nitrogens with zero attached hydrogens (tertiary/aromatic N) is 1. The van der Waals surface area contributed by atoms with Crippen LogP contribution in [0.1, 0.15) is 49.3 Å². The van der Waals surface area contributed by atoms with Gasteiger partial charge in [-0.15, -0.1) is 0 Å². The molecule has 0 saturated carbocycles. The number of esters is 1. The van der Waals surface area contributed by atoms with E-state index in [-0.39, 0.29) is 34.6 Å². The number of rotatable bonds is 4. The number of amides is 1. The van der Waals surface area contributed by atoms with E-state index >= 15 is 0 Å². The van der Waals surface area contributed by atoms with Gasteiger partial charge in [0.1, 0.15) is 0 Å². The summed E-state index contributed by atoms with van der Waals surface area (Å²) < 4.78 is 72.1. The Balaban J connectivity index is 2.16. The molecule has 1 aliphatic heterocycles. The molecule has 0 unspecified atom stereocenters. The maximum Gasteiger partial charge on any atom is 0.417 e. The lowest BCUT2D eigenvalue weighted by Crippen LogP contribution is -2.35. The van der Waals surface area contributed by atoms with Crippen molar-refractivity contribution in [3.05, 3.63) is 76.4 Å². The number of carbonyl (C=O) groups excluding carboxylic acids is 2. The van der Waals surface area contributed by atoms with E-state index in [4.69, 9.17) is 10.5 Å². The first-order chi connectivity index (χ1) is 16.1. The summed E-state index contributed by atoms with van der Waals surface area (Å²) in [5.74, 6) is -4.06. The van der Waals surface area contributed by atoms with Gasteiger partial charge in [-0.2, -0.15) is 13.2 Å². The largest absolute Gasteiger partial charge is 0.459 e. The minimum Gasteiger partial charge on any atom is -0.459 e. The highest BCUT2D eigenvalue weighted by atomic mass is 19.4. The molecule has 35 heavy (non-hydrogen) atoms. The van der Waals surface area contributed by atoms with Gasteiger partial charge in [0.2, 0.25) is 0 Å². The third kappa shape index (κ3) is 5.39. The molecule has 0 bridgehead atoms. The minimum absolute atomic E-state index is 0.00481. The molecule has 1 aromatic heterocycles. The Hall–Kier alpha value is -3.63. The van der Waals surface area contributed by atoms with Crippen molar-refractivity contribution in [2.75, 3.05) is 6.54 Å². The molecule has 0 saturated heterocycles. The van der Waals surface area contributed by atoms with Gasteiger partial charge < -0.3 is 20.4 Å². The summed E-state index contributed by atoms with van der Waals surface area (Å²) in [7, 11) is 0. The molecule has 6 nitrogen and oxygen atoms in total. The Bertz CT molecular complexity index is 1230. The van der Waals surface area contributed by atoms with Crippen LogP contribution in [0.3, 0.4) is 0 Å². The average molecular weight is 497 g/mol. The molecule has 0 aliphatic carbocycles. The Labute approximate surface area is 198 Å². The van der Waals surface area contributed by atoms with Crippen LogP contribution in [-0.4, -0.2) is 34.4 Å². The van der Waals surface area contributed by atoms with E-state index in [0.29, 0.717) is 6.07 Å². The summed E-state index contributed by atoms with van der Waals surface area (Å²) in [6, 6.07) is 3.45. The van der Waals surface area contributed by atoms with Crippen LogP contribution >= 0.6 is 0 Å². The summed E-state index contributed by atoms with van der Waals surface area (Å²) >= 11 is 0. The molecule has 188 valence electrons. The van der Waals surface area contributed by atoms with Crippen molar-refractivity contribution in [3.63, 3.8) is 0 Å². The Kier molecular flexibility index (Phi) is 6.83. The van der Waals surface area contributed by atoms with Gasteiger partial charge in [-0.25, -0.2) is 13.6 Å². The van der Waals surface area contributed by atoms with Crippen molar-refractivity contribution in [2.24, 2.45) is 11.1 Å². The van der Waals surface area contributed by atoms with Crippen LogP contribution in [0.2, 0.25) is 0 Å². The second-order valence-corrected chi connectivity index (χ2v) is 9.03. The van der Waals surface area contributed by atoms with Crippen LogP contribution in [-0.2, 0) is 15.7 Å². The number of aromatic nitrogens is 1. The third-order valence-corrected chi connectivity index (χ3v) is 5.36. The van der Waals surface area contributed by atoms with E-state index in [9.17, 15) is 31.5 Å². The summed E-state index contributed by atoms with van der Waals surface area (Å²) in [6.45, 7) is 6.27. The minimum atomic E-state index is -4.62. The number of H-pyrrole nitrogens is 1. The van der Waals surface area contributed by atoms with Crippen molar-refractivity contribution >= 4 is 17.4 Å². The van der Waals surface area contributed by atoms with E-state index in [1.807, 2.05) is 0 Å². The molecule has 2 aromatic rings. The standard InChI is InChI=1S/C24H24F5N3O3/c1-12(2)35-22(34)15-10-32(21(33)13-5-6-16(25)17(26)7-13)11-23(3,4)19(20(15)30)18-8-14(9-31-18)24(27,28)29/h5-10,12,31H,11,30H2,1-4H3. The fourth-order valence-corrected chi connectivity index (χ4v) is 3.85. The third-order valence-electron chi connectivity index (χ3n) is 5.36. The molecule has 3 N–H and O–H groups in total. The number of benzene rings is 1. The summed E-state index contributed by atoms with van der Waals surface area (Å²) in [6.07, 6.45) is -3.29. The zero-order valence-corrected chi connectivity index (χ0v) is 19.4. The smallest absolute Gasteiger partial charge is 0.417 e. The van der Waals surface area contributed by atoms with Crippen molar-refractivity contribution in [3.8, 4) is 0 Å². The van der Waals surface area contributed by atoms with Crippen molar-refractivity contribution in [1.29, 1.82) is 0 Å². The molecule has 1 aliphatic rings. The second-order valence-electron chi connectivity index (χ2n) is 9.03. The Morgan fingerprint density at radius 3 is 2.34 bits per heavy atom. The quantitative estimate of drug-likeness (QED) is 0.460. The first-order valence-corrected chi connectivity index (χ1v) is 10.6. The number of nitrogens with one attached hydrogen (secondary N) is 1. The van der Waals surface area contributed by atoms with E-state index < -0.39 is 46.8 Å². The molecule has 11 heteroatoms. The molecule has 1 amide bonds. The van der Waals surface area contributed by atoms with Gasteiger partial charge in [0.15, 0.2) is 11.6 Å². The van der Waals surface area contributed by atoms with Crippen molar-refractivity contribution in [2.45, 2.75) is 40.0 Å². The number of ether oxygens (including phenoxy) is 1. The fourth-order valence-electron chi connectivity index (χ4n) is 3.85. The van der Waals surface area contributed by atoms with Gasteiger partial charge in [0.25, 0.3) is 5.91 Å². The van der Waals surface area contributed by atoms with E-state index in [1.165, 1.54) is 0 Å². The number of alkyl halides is 3. The Morgan fingerprint density at radius 2 is 1.80 bits per heavy atom. The highest BCUT2D eigenvalue weighted by molar-refractivity contribution is 6.00. The first kappa shape index (κ1) is 26.0. The predicted octanol–water partition coefficient (Wildman–Crippen LogP) is 5.00. The molecule has 0 atom stereocenters. The van der Waals surface area contributed by atoms with Gasteiger partial charge >= 0.3 is 12.1 Å². The van der Waals surface area contributed by atoms with Gasteiger partial charge in [-0.05, 0) is 38.1 Å². The second kappa shape index (κ2) is 9.20. The lowest BCUT2D eigenvalue weighted by molar-refractivity contribution is -0.142. The van der Waals surface area contributed by atoms with Crippen LogP contribution in [0.5, 0.6) is 0 Å². The number of halogens is 5. The SMILES string of the molecule is CC(C)OC(=O)C1=CN(C(=O)c2ccc(F)c(F)c2)CC(C)(C)C(c2cc(C(F)(F)F)c[nH]2)=C1N. The summed E-state index contributed by atoms with van der Waals surface area (Å²) in [5.41, 5.74) is 3.80. The molecule has 3 rings (SSSR count). The number of nitrogens with two attached hydrogens (primary N) is 1. The number of hydrogen-bond donors (Lipinski definition) is 2. The molecular formula is C24H24F5N3O3. The summed E-state index contributed by atoms with van der Waals surface area (Å²) in [4.78, 5) is 29.7. The van der Waals surface area contributed by atoms with Crippen molar-refractivity contribution in [1.82, 2.24) is 9.88 Å². The van der Waals surface area contributed by atoms with Crippen LogP contribution in [0.4, 0.5) is 22.0 Å². The zero-order chi connectivity index (χ0) is 26.3. The van der Waals surface area contributed by atoms with E-state index in [0.717, 1.165) is 35.5 Å². The first-order valence-electron chi connectivity index (χ1n) is 10.6. The van der Waals surface area contributed by atoms with E-state index in [2.05, 4.69) is 4.98 Å². The van der Waals surface area contributed by atoms with Gasteiger partial charge in [0, 0.05) is 41.2 Å². The normalized spacial score (nSPS) is 16.3. The zero-order valence-electron chi connectivity index (χ0n) is 19.4. The van der Waals surface area contributed by atoms with Gasteiger partial charge in [0.05, 0.1) is 22.9 Å².